The molecule has 0 aromatic carbocycles. The molecule has 376 valence electrons. The SMILES string of the molecule is CC(C)CCC[C@@H](C)[C@H]1CCC2C3CC=C4C[C@@H](OCCN(CC(=O)[O-])CC(=O)O)CC[C@]4(C)C3CC[C@@]21C.[NH-][C@@H]1CCC(CC(=O)OCCOCCOC(=O)CCC(=O)O)C[C@H]1[NH-].[Pt]. The van der Waals surface area contributed by atoms with E-state index in [1.807, 2.05) is 0 Å². The molecule has 5 rings (SSSR count). The molecule has 0 saturated heterocycles. The molecule has 0 aromatic rings. The van der Waals surface area contributed by atoms with Crippen molar-refractivity contribution in [2.24, 2.45) is 52.3 Å². The maximum Gasteiger partial charge on any atom is 0.317 e. The van der Waals surface area contributed by atoms with Gasteiger partial charge in [-0.1, -0.05) is 84.8 Å². The van der Waals surface area contributed by atoms with Crippen molar-refractivity contribution in [2.45, 2.75) is 162 Å². The second-order valence-electron chi connectivity index (χ2n) is 20.5. The first-order valence-corrected chi connectivity index (χ1v) is 24.3. The number of nitrogens with zero attached hydrogens (tertiary/aromatic N) is 1. The van der Waals surface area contributed by atoms with Crippen LogP contribution < -0.4 is 5.11 Å². The zero-order chi connectivity index (χ0) is 47.0. The van der Waals surface area contributed by atoms with E-state index in [-0.39, 0.29) is 116 Å². The Hall–Kier alpha value is -2.42. The summed E-state index contributed by atoms with van der Waals surface area (Å²) in [5, 5.41) is 28.4. The fraction of sp³-hybridized carbons (Fsp3) is 0.857. The second kappa shape index (κ2) is 27.5. The number of carboxylic acid groups (broad SMARTS) is 3. The minimum atomic E-state index is -1.26. The van der Waals surface area contributed by atoms with Gasteiger partial charge in [-0.25, -0.2) is 0 Å². The van der Waals surface area contributed by atoms with Gasteiger partial charge in [0.1, 0.15) is 13.2 Å². The first-order valence-electron chi connectivity index (χ1n) is 24.3. The molecule has 0 aliphatic heterocycles. The Kier molecular flexibility index (Phi) is 24.1. The average Bonchev–Trinajstić information content (AvgIpc) is 3.58. The van der Waals surface area contributed by atoms with Crippen LogP contribution in [0.15, 0.2) is 11.6 Å². The number of aliphatic carboxylic acids is 3. The smallest absolute Gasteiger partial charge is 0.317 e. The van der Waals surface area contributed by atoms with Gasteiger partial charge in [0.25, 0.3) is 0 Å². The van der Waals surface area contributed by atoms with Crippen LogP contribution in [0.25, 0.3) is 11.5 Å². The molecule has 4 unspecified atom stereocenters. The van der Waals surface area contributed by atoms with Crippen LogP contribution in [-0.4, -0.2) is 116 Å². The van der Waals surface area contributed by atoms with Gasteiger partial charge in [0, 0.05) is 40.6 Å². The van der Waals surface area contributed by atoms with Crippen molar-refractivity contribution in [2.75, 3.05) is 52.7 Å². The summed E-state index contributed by atoms with van der Waals surface area (Å²) in [5.74, 6) is 0.834. The Morgan fingerprint density at radius 2 is 1.52 bits per heavy atom. The number of ether oxygens (including phenoxy) is 4. The molecule has 0 amide bonds. The molecule has 65 heavy (non-hydrogen) atoms. The van der Waals surface area contributed by atoms with E-state index in [4.69, 9.17) is 40.6 Å². The van der Waals surface area contributed by atoms with E-state index < -0.39 is 29.9 Å². The number of rotatable bonds is 24. The van der Waals surface area contributed by atoms with E-state index in [2.05, 4.69) is 40.7 Å². The number of hydrogen-bond donors (Lipinski definition) is 2. The summed E-state index contributed by atoms with van der Waals surface area (Å²) in [5.41, 5.74) is 17.7. The molecule has 4 N–H and O–H groups in total. The predicted octanol–water partition coefficient (Wildman–Crippen LogP) is 7.53. The maximum atomic E-state index is 11.7. The fourth-order valence-corrected chi connectivity index (χ4v) is 12.3. The second-order valence-corrected chi connectivity index (χ2v) is 20.5. The third-order valence-corrected chi connectivity index (χ3v) is 15.7. The van der Waals surface area contributed by atoms with E-state index in [0.29, 0.717) is 24.9 Å². The van der Waals surface area contributed by atoms with Crippen LogP contribution in [0.2, 0.25) is 0 Å². The van der Waals surface area contributed by atoms with Crippen LogP contribution in [0.1, 0.15) is 144 Å². The van der Waals surface area contributed by atoms with Crippen molar-refractivity contribution < 1.29 is 79.3 Å². The van der Waals surface area contributed by atoms with E-state index in [0.717, 1.165) is 61.2 Å². The van der Waals surface area contributed by atoms with Gasteiger partial charge in [0.15, 0.2) is 0 Å². The summed E-state index contributed by atoms with van der Waals surface area (Å²) >= 11 is 0. The van der Waals surface area contributed by atoms with Gasteiger partial charge in [0.2, 0.25) is 0 Å². The zero-order valence-corrected chi connectivity index (χ0v) is 42.0. The van der Waals surface area contributed by atoms with Crippen LogP contribution in [0.5, 0.6) is 0 Å². The number of hydrogen-bond acceptors (Lipinski definition) is 11. The number of nitrogens with one attached hydrogen (secondary N) is 2. The van der Waals surface area contributed by atoms with E-state index in [1.165, 1.54) is 56.3 Å². The van der Waals surface area contributed by atoms with Crippen molar-refractivity contribution in [3.8, 4) is 0 Å². The fourth-order valence-electron chi connectivity index (χ4n) is 12.3. The van der Waals surface area contributed by atoms with Crippen LogP contribution >= 0.6 is 0 Å². The van der Waals surface area contributed by atoms with Crippen LogP contribution in [0, 0.1) is 52.3 Å². The molecule has 0 spiro atoms. The summed E-state index contributed by atoms with van der Waals surface area (Å²) in [4.78, 5) is 56.5. The molecule has 4 saturated carbocycles. The molecule has 5 aliphatic carbocycles. The number of fused-ring (bicyclic) bond motifs is 5. The third kappa shape index (κ3) is 17.6. The number of carboxylic acids is 3. The molecule has 16 heteroatoms. The largest absolute Gasteiger partial charge is 0.676 e. The summed E-state index contributed by atoms with van der Waals surface area (Å²) in [6.45, 7) is 12.8. The van der Waals surface area contributed by atoms with Crippen LogP contribution in [-0.2, 0) is 64.0 Å². The summed E-state index contributed by atoms with van der Waals surface area (Å²) < 4.78 is 21.2. The summed E-state index contributed by atoms with van der Waals surface area (Å²) in [6.07, 6.45) is 18.6. The molecule has 0 radical (unpaired) electrons. The minimum absolute atomic E-state index is 0. The van der Waals surface area contributed by atoms with E-state index in [1.54, 1.807) is 5.57 Å². The Balaban J connectivity index is 0.000000375. The van der Waals surface area contributed by atoms with Gasteiger partial charge in [-0.3, -0.25) is 24.1 Å². The molecule has 0 heterocycles. The van der Waals surface area contributed by atoms with Crippen molar-refractivity contribution in [1.29, 1.82) is 0 Å². The Morgan fingerprint density at radius 1 is 0.815 bits per heavy atom. The predicted molar refractivity (Wildman–Crippen MR) is 240 cm³/mol. The molecule has 4 fully saturated rings. The number of allylic oxidation sites excluding steroid dienone is 1. The summed E-state index contributed by atoms with van der Waals surface area (Å²) in [7, 11) is 0. The van der Waals surface area contributed by atoms with E-state index >= 15 is 0 Å². The van der Waals surface area contributed by atoms with Gasteiger partial charge in [-0.2, -0.15) is 12.1 Å². The average molecular weight is 1100 g/mol. The molecule has 0 aromatic heterocycles. The topological polar surface area (TPSA) is 237 Å². The standard InChI is InChI=1S/C33H55NO5.C16H26N2O7.Pt/c1-22(2)7-6-8-23(3)27-11-12-28-26-10-9-24-19-25(39-18-17-34(20-30(35)36)21-31(37)38)13-15-32(24,4)29(26)14-16-33(27,28)5;17-12-2-1-11(9-13(12)18)10-16(22)25-8-6-23-5-7-24-15(21)4-3-14(19)20;/h9,22-23,25-29H,6-8,10-21H2,1-5H3,(H,35,36)(H,37,38);11-13,17-18H,1-10H2,(H,19,20);/q;-2;/p-1/t23-,25+,26?,27-,28?,29?,32+,33-;11?,12-,13-;/m11./s1. The number of carbonyl (C=O) groups excluding carboxylic acids is 3. The quantitative estimate of drug-likeness (QED) is 0.0541. The van der Waals surface area contributed by atoms with E-state index in [9.17, 15) is 29.1 Å². The van der Waals surface area contributed by atoms with Gasteiger partial charge >= 0.3 is 23.9 Å². The zero-order valence-electron chi connectivity index (χ0n) is 39.8. The molecular weight excluding hydrogens is 1020 g/mol. The first kappa shape index (κ1) is 56.9. The van der Waals surface area contributed by atoms with Gasteiger partial charge < -0.3 is 50.5 Å². The Morgan fingerprint density at radius 3 is 2.17 bits per heavy atom. The number of esters is 2. The van der Waals surface area contributed by atoms with Crippen molar-refractivity contribution in [1.82, 2.24) is 4.90 Å². The molecule has 0 bridgehead atoms. The van der Waals surface area contributed by atoms with Gasteiger partial charge in [-0.05, 0) is 104 Å². The maximum absolute atomic E-state index is 11.7. The monoisotopic (exact) mass is 1100 g/mol. The van der Waals surface area contributed by atoms with Crippen molar-refractivity contribution in [3.05, 3.63) is 23.1 Å². The molecule has 5 aliphatic rings. The minimum Gasteiger partial charge on any atom is -0.676 e. The Bertz CT molecular complexity index is 1550. The molecule has 11 atom stereocenters. The third-order valence-electron chi connectivity index (χ3n) is 15.7. The van der Waals surface area contributed by atoms with Crippen LogP contribution in [0.3, 0.4) is 0 Å². The van der Waals surface area contributed by atoms with Gasteiger partial charge in [0.05, 0.1) is 51.3 Å². The molecule has 15 nitrogen and oxygen atoms in total. The first-order chi connectivity index (χ1) is 30.3. The van der Waals surface area contributed by atoms with Crippen LogP contribution in [0.4, 0.5) is 0 Å². The van der Waals surface area contributed by atoms with Crippen molar-refractivity contribution in [3.63, 3.8) is 0 Å². The normalized spacial score (nSPS) is 30.9. The molecular formula is C49H80N3O12Pt-3. The number of carbonyl (C=O) groups is 5. The van der Waals surface area contributed by atoms with Crippen molar-refractivity contribution >= 4 is 29.8 Å². The Labute approximate surface area is 402 Å². The summed E-state index contributed by atoms with van der Waals surface area (Å²) in [6, 6.07) is -0.771. The van der Waals surface area contributed by atoms with Gasteiger partial charge in [-0.15, -0.1) is 0 Å².